The number of aryl methyl sites for hydroxylation is 1. The monoisotopic (exact) mass is 485 g/mol. The van der Waals surface area contributed by atoms with Gasteiger partial charge in [-0.05, 0) is 49.6 Å². The average molecular weight is 486 g/mol. The summed E-state index contributed by atoms with van der Waals surface area (Å²) in [4.78, 5) is 7.26. The Kier molecular flexibility index (Phi) is 5.42. The maximum Gasteiger partial charge on any atom is 0.244 e. The second-order valence-corrected chi connectivity index (χ2v) is 11.0. The van der Waals surface area contributed by atoms with Gasteiger partial charge in [-0.2, -0.15) is 9.40 Å². The third kappa shape index (κ3) is 3.73. The molecule has 0 saturated carbocycles. The van der Waals surface area contributed by atoms with E-state index in [0.717, 1.165) is 47.6 Å². The molecule has 0 amide bonds. The molecular weight excluding hydrogens is 458 g/mol. The third-order valence-corrected chi connectivity index (χ3v) is 8.73. The zero-order valence-corrected chi connectivity index (χ0v) is 20.4. The Labute approximate surface area is 205 Å². The highest BCUT2D eigenvalue weighted by Gasteiger charge is 2.38. The molecule has 35 heavy (non-hydrogen) atoms. The molecule has 0 unspecified atom stereocenters. The Morgan fingerprint density at radius 3 is 2.29 bits per heavy atom. The molecule has 0 N–H and O–H groups in total. The predicted octanol–water partition coefficient (Wildman–Crippen LogP) is 4.84. The summed E-state index contributed by atoms with van der Waals surface area (Å²) in [5, 5.41) is 4.85. The van der Waals surface area contributed by atoms with E-state index in [1.807, 2.05) is 71.1 Å². The van der Waals surface area contributed by atoms with Crippen molar-refractivity contribution < 1.29 is 8.42 Å². The van der Waals surface area contributed by atoms with E-state index in [0.29, 0.717) is 23.8 Å². The first-order chi connectivity index (χ1) is 17.0. The number of fused-ring (bicyclic) bond motifs is 2. The summed E-state index contributed by atoms with van der Waals surface area (Å²) in [6.45, 7) is 3.14. The molecule has 1 aromatic heterocycles. The van der Waals surface area contributed by atoms with Crippen LogP contribution in [0.5, 0.6) is 0 Å². The van der Waals surface area contributed by atoms with Crippen molar-refractivity contribution >= 4 is 21.7 Å². The Bertz CT molecular complexity index is 1450. The summed E-state index contributed by atoms with van der Waals surface area (Å²) in [5.41, 5.74) is 3.83. The smallest absolute Gasteiger partial charge is 0.244 e. The lowest BCUT2D eigenvalue weighted by Gasteiger charge is -2.37. The van der Waals surface area contributed by atoms with Crippen LogP contribution in [0.2, 0.25) is 0 Å². The fourth-order valence-electron chi connectivity index (χ4n) is 5.11. The molecule has 2 aromatic carbocycles. The van der Waals surface area contributed by atoms with Crippen molar-refractivity contribution in [3.8, 4) is 5.69 Å². The van der Waals surface area contributed by atoms with Gasteiger partial charge in [-0.3, -0.25) is 0 Å². The minimum absolute atomic E-state index is 0.243. The van der Waals surface area contributed by atoms with E-state index >= 15 is 0 Å². The number of amidine groups is 1. The Balaban J connectivity index is 1.51. The van der Waals surface area contributed by atoms with Gasteiger partial charge in [-0.1, -0.05) is 55.0 Å². The molecule has 0 radical (unpaired) electrons. The maximum atomic E-state index is 13.5. The molecule has 0 bridgehead atoms. The van der Waals surface area contributed by atoms with Crippen LogP contribution in [0.3, 0.4) is 0 Å². The summed E-state index contributed by atoms with van der Waals surface area (Å²) in [7, 11) is -3.58. The van der Waals surface area contributed by atoms with Crippen molar-refractivity contribution in [2.24, 2.45) is 4.99 Å². The minimum atomic E-state index is -3.58. The highest BCUT2D eigenvalue weighted by molar-refractivity contribution is 7.93. The van der Waals surface area contributed by atoms with Gasteiger partial charge in [0, 0.05) is 24.9 Å². The summed E-state index contributed by atoms with van der Waals surface area (Å²) in [6, 6.07) is 19.9. The van der Waals surface area contributed by atoms with E-state index in [1.54, 1.807) is 16.6 Å². The number of nitrogens with zero attached hydrogens (tertiary/aromatic N) is 5. The van der Waals surface area contributed by atoms with E-state index < -0.39 is 10.0 Å². The van der Waals surface area contributed by atoms with Gasteiger partial charge in [0.2, 0.25) is 10.0 Å². The topological polar surface area (TPSA) is 70.8 Å². The number of sulfonamides is 1. The van der Waals surface area contributed by atoms with Gasteiger partial charge in [0.05, 0.1) is 22.3 Å². The lowest BCUT2D eigenvalue weighted by Crippen LogP contribution is -2.39. The Hall–Kier alpha value is -3.49. The fourth-order valence-corrected chi connectivity index (χ4v) is 6.64. The number of aliphatic imine (C=N–C) groups is 1. The van der Waals surface area contributed by atoms with E-state index in [9.17, 15) is 8.42 Å². The highest BCUT2D eigenvalue weighted by Crippen LogP contribution is 2.44. The SMILES string of the molecule is Cc1nn(-c2ccccc2)c2c1[C@H](c1ccccc1)N1C=C(S(=O)(=O)N3CCCCC3)C=CC1=N2. The highest BCUT2D eigenvalue weighted by atomic mass is 32.2. The first-order valence-electron chi connectivity index (χ1n) is 12.0. The summed E-state index contributed by atoms with van der Waals surface area (Å²) < 4.78 is 30.5. The van der Waals surface area contributed by atoms with Crippen molar-refractivity contribution in [3.63, 3.8) is 0 Å². The van der Waals surface area contributed by atoms with E-state index in [2.05, 4.69) is 12.1 Å². The van der Waals surface area contributed by atoms with Crippen molar-refractivity contribution in [1.29, 1.82) is 0 Å². The molecule has 3 aliphatic heterocycles. The van der Waals surface area contributed by atoms with Crippen molar-refractivity contribution in [2.45, 2.75) is 32.2 Å². The van der Waals surface area contributed by atoms with E-state index in [4.69, 9.17) is 10.1 Å². The largest absolute Gasteiger partial charge is 0.320 e. The molecular formula is C27H27N5O2S. The quantitative estimate of drug-likeness (QED) is 0.530. The van der Waals surface area contributed by atoms with Crippen LogP contribution in [-0.2, 0) is 10.0 Å². The normalized spacial score (nSPS) is 20.1. The van der Waals surface area contributed by atoms with E-state index in [1.165, 1.54) is 0 Å². The van der Waals surface area contributed by atoms with Gasteiger partial charge in [-0.25, -0.2) is 18.1 Å². The number of hydrogen-bond acceptors (Lipinski definition) is 5. The van der Waals surface area contributed by atoms with Crippen LogP contribution in [-0.4, -0.2) is 46.3 Å². The number of aromatic nitrogens is 2. The van der Waals surface area contributed by atoms with Crippen molar-refractivity contribution in [1.82, 2.24) is 19.0 Å². The van der Waals surface area contributed by atoms with Gasteiger partial charge in [0.1, 0.15) is 5.84 Å². The molecule has 7 nitrogen and oxygen atoms in total. The van der Waals surface area contributed by atoms with Gasteiger partial charge in [-0.15, -0.1) is 0 Å². The first-order valence-corrected chi connectivity index (χ1v) is 13.4. The minimum Gasteiger partial charge on any atom is -0.320 e. The van der Waals surface area contributed by atoms with Crippen LogP contribution in [0.25, 0.3) is 5.69 Å². The molecule has 4 heterocycles. The number of hydrogen-bond donors (Lipinski definition) is 0. The number of piperidine rings is 1. The van der Waals surface area contributed by atoms with Crippen molar-refractivity contribution in [3.05, 3.63) is 101 Å². The van der Waals surface area contributed by atoms with Gasteiger partial charge < -0.3 is 4.90 Å². The number of benzene rings is 2. The van der Waals surface area contributed by atoms with Crippen LogP contribution < -0.4 is 0 Å². The van der Waals surface area contributed by atoms with E-state index in [-0.39, 0.29) is 6.04 Å². The second-order valence-electron chi connectivity index (χ2n) is 9.09. The zero-order valence-electron chi connectivity index (χ0n) is 19.6. The summed E-state index contributed by atoms with van der Waals surface area (Å²) in [6.07, 6.45) is 8.13. The fraction of sp³-hybridized carbons (Fsp3) is 0.259. The Morgan fingerprint density at radius 1 is 0.886 bits per heavy atom. The number of para-hydroxylation sites is 1. The molecule has 3 aliphatic rings. The molecule has 1 atom stereocenters. The summed E-state index contributed by atoms with van der Waals surface area (Å²) >= 11 is 0. The molecule has 6 rings (SSSR count). The van der Waals surface area contributed by atoms with Crippen LogP contribution in [0.15, 0.2) is 88.9 Å². The maximum absolute atomic E-state index is 13.5. The van der Waals surface area contributed by atoms with Crippen LogP contribution in [0.4, 0.5) is 5.82 Å². The molecule has 178 valence electrons. The molecule has 1 saturated heterocycles. The average Bonchev–Trinajstić information content (AvgIpc) is 3.24. The van der Waals surface area contributed by atoms with Gasteiger partial charge >= 0.3 is 0 Å². The van der Waals surface area contributed by atoms with Crippen LogP contribution in [0.1, 0.15) is 42.1 Å². The molecule has 0 aliphatic carbocycles. The standard InChI is InChI=1S/C27H27N5O2S/c1-20-25-26(21-11-5-2-6-12-21)31-19-23(35(33,34)30-17-9-4-10-18-30)15-16-24(31)28-27(25)32(29-20)22-13-7-3-8-14-22/h2-3,5-8,11-16,19,26H,4,9-10,17-18H2,1H3/t26-/m0/s1. The third-order valence-electron chi connectivity index (χ3n) is 6.85. The molecule has 0 spiro atoms. The summed E-state index contributed by atoms with van der Waals surface area (Å²) in [5.74, 6) is 1.47. The first kappa shape index (κ1) is 22.0. The van der Waals surface area contributed by atoms with Crippen LogP contribution in [0, 0.1) is 6.92 Å². The van der Waals surface area contributed by atoms with Crippen LogP contribution >= 0.6 is 0 Å². The molecule has 3 aromatic rings. The lowest BCUT2D eigenvalue weighted by molar-refractivity contribution is 0.349. The number of rotatable bonds is 4. The Morgan fingerprint density at radius 2 is 1.57 bits per heavy atom. The van der Waals surface area contributed by atoms with Crippen molar-refractivity contribution in [2.75, 3.05) is 13.1 Å². The zero-order chi connectivity index (χ0) is 24.0. The molecule has 8 heteroatoms. The number of allylic oxidation sites excluding steroid dienone is 1. The van der Waals surface area contributed by atoms with Gasteiger partial charge in [0.15, 0.2) is 5.82 Å². The lowest BCUT2D eigenvalue weighted by atomic mass is 9.95. The molecule has 1 fully saturated rings. The second kappa shape index (κ2) is 8.62. The predicted molar refractivity (Wildman–Crippen MR) is 137 cm³/mol. The van der Waals surface area contributed by atoms with Gasteiger partial charge in [0.25, 0.3) is 0 Å².